The van der Waals surface area contributed by atoms with E-state index in [1.54, 1.807) is 4.90 Å². The Morgan fingerprint density at radius 3 is 2.26 bits per heavy atom. The number of aliphatic carboxylic acids is 1. The van der Waals surface area contributed by atoms with Gasteiger partial charge in [0.25, 0.3) is 0 Å². The zero-order valence-electron chi connectivity index (χ0n) is 12.7. The molecule has 0 heterocycles. The summed E-state index contributed by atoms with van der Waals surface area (Å²) in [6, 6.07) is -0.0441. The zero-order chi connectivity index (χ0) is 14.9. The number of carboxylic acids is 1. The van der Waals surface area contributed by atoms with Crippen LogP contribution in [0.4, 0.5) is 4.79 Å². The number of unbranched alkanes of at least 4 members (excludes halogenated alkanes) is 3. The summed E-state index contributed by atoms with van der Waals surface area (Å²) < 4.78 is 0. The summed E-state index contributed by atoms with van der Waals surface area (Å²) in [4.78, 5) is 23.9. The number of carboxylic acid groups (broad SMARTS) is 1. The Kier molecular flexibility index (Phi) is 8.19. The smallest absolute Gasteiger partial charge is 0.317 e. The second kappa shape index (κ2) is 8.77. The number of hydrogen-bond acceptors (Lipinski definition) is 2. The van der Waals surface area contributed by atoms with Crippen molar-refractivity contribution in [1.82, 2.24) is 10.2 Å². The number of rotatable bonds is 9. The zero-order valence-corrected chi connectivity index (χ0v) is 12.7. The summed E-state index contributed by atoms with van der Waals surface area (Å²) in [5.74, 6) is -0.739. The highest BCUT2D eigenvalue weighted by Gasteiger charge is 2.24. The monoisotopic (exact) mass is 272 g/mol. The molecular weight excluding hydrogens is 244 g/mol. The van der Waals surface area contributed by atoms with Crippen LogP contribution in [0.25, 0.3) is 0 Å². The van der Waals surface area contributed by atoms with Crippen LogP contribution in [-0.2, 0) is 4.79 Å². The standard InChI is InChI=1S/C14H28N2O3/c1-5-14(2,3)16(4)13(19)15-11-9-7-6-8-10-12(17)18/h5-11H2,1-4H3,(H,15,19)(H,17,18). The highest BCUT2D eigenvalue weighted by atomic mass is 16.4. The van der Waals surface area contributed by atoms with Crippen LogP contribution in [0.15, 0.2) is 0 Å². The molecule has 0 spiro atoms. The largest absolute Gasteiger partial charge is 0.481 e. The van der Waals surface area contributed by atoms with E-state index in [4.69, 9.17) is 5.11 Å². The van der Waals surface area contributed by atoms with Crippen molar-refractivity contribution in [2.75, 3.05) is 13.6 Å². The predicted octanol–water partition coefficient (Wildman–Crippen LogP) is 2.85. The van der Waals surface area contributed by atoms with Crippen molar-refractivity contribution in [3.8, 4) is 0 Å². The fourth-order valence-corrected chi connectivity index (χ4v) is 1.58. The summed E-state index contributed by atoms with van der Waals surface area (Å²) in [5.41, 5.74) is -0.133. The molecule has 0 rings (SSSR count). The van der Waals surface area contributed by atoms with E-state index >= 15 is 0 Å². The molecule has 0 saturated carbocycles. The van der Waals surface area contributed by atoms with Crippen LogP contribution in [-0.4, -0.2) is 41.1 Å². The van der Waals surface area contributed by atoms with Crippen LogP contribution in [0.3, 0.4) is 0 Å². The van der Waals surface area contributed by atoms with Crippen LogP contribution >= 0.6 is 0 Å². The second-order valence-electron chi connectivity index (χ2n) is 5.51. The van der Waals surface area contributed by atoms with E-state index in [0.29, 0.717) is 13.0 Å². The van der Waals surface area contributed by atoms with Crippen molar-refractivity contribution < 1.29 is 14.7 Å². The van der Waals surface area contributed by atoms with Crippen LogP contribution in [0.1, 0.15) is 59.3 Å². The fraction of sp³-hybridized carbons (Fsp3) is 0.857. The van der Waals surface area contributed by atoms with Crippen LogP contribution in [0, 0.1) is 0 Å². The fourth-order valence-electron chi connectivity index (χ4n) is 1.58. The number of nitrogens with one attached hydrogen (secondary N) is 1. The van der Waals surface area contributed by atoms with Crippen molar-refractivity contribution in [3.63, 3.8) is 0 Å². The van der Waals surface area contributed by atoms with Gasteiger partial charge in [-0.3, -0.25) is 4.79 Å². The first-order valence-electron chi connectivity index (χ1n) is 7.04. The molecule has 2 N–H and O–H groups in total. The summed E-state index contributed by atoms with van der Waals surface area (Å²) in [5, 5.41) is 11.4. The number of carbonyl (C=O) groups excluding carboxylic acids is 1. The van der Waals surface area contributed by atoms with Gasteiger partial charge >= 0.3 is 12.0 Å². The van der Waals surface area contributed by atoms with Gasteiger partial charge in [0.05, 0.1) is 0 Å². The Hall–Kier alpha value is -1.26. The summed E-state index contributed by atoms with van der Waals surface area (Å²) in [7, 11) is 1.81. The molecule has 0 aliphatic carbocycles. The van der Waals surface area contributed by atoms with E-state index in [-0.39, 0.29) is 18.0 Å². The van der Waals surface area contributed by atoms with E-state index in [0.717, 1.165) is 25.7 Å². The molecule has 0 aromatic carbocycles. The lowest BCUT2D eigenvalue weighted by Crippen LogP contribution is -2.49. The molecule has 112 valence electrons. The number of urea groups is 1. The van der Waals surface area contributed by atoms with Gasteiger partial charge in [-0.15, -0.1) is 0 Å². The van der Waals surface area contributed by atoms with Gasteiger partial charge in [-0.1, -0.05) is 19.8 Å². The molecule has 0 saturated heterocycles. The van der Waals surface area contributed by atoms with Crippen LogP contribution in [0.2, 0.25) is 0 Å². The van der Waals surface area contributed by atoms with E-state index < -0.39 is 5.97 Å². The van der Waals surface area contributed by atoms with Crippen molar-refractivity contribution in [1.29, 1.82) is 0 Å². The highest BCUT2D eigenvalue weighted by Crippen LogP contribution is 2.16. The van der Waals surface area contributed by atoms with E-state index in [1.807, 2.05) is 20.9 Å². The maximum atomic E-state index is 11.9. The lowest BCUT2D eigenvalue weighted by Gasteiger charge is -2.34. The quantitative estimate of drug-likeness (QED) is 0.634. The molecule has 0 atom stereocenters. The molecule has 2 amide bonds. The Morgan fingerprint density at radius 1 is 1.16 bits per heavy atom. The lowest BCUT2D eigenvalue weighted by molar-refractivity contribution is -0.137. The molecule has 0 radical (unpaired) electrons. The third-order valence-corrected chi connectivity index (χ3v) is 3.67. The van der Waals surface area contributed by atoms with Crippen molar-refractivity contribution in [2.45, 2.75) is 64.8 Å². The SMILES string of the molecule is CCC(C)(C)N(C)C(=O)NCCCCCCC(=O)O. The molecule has 0 unspecified atom stereocenters. The molecule has 0 aliphatic rings. The Balaban J connectivity index is 3.67. The van der Waals surface area contributed by atoms with Crippen LogP contribution < -0.4 is 5.32 Å². The molecule has 5 heteroatoms. The number of carbonyl (C=O) groups is 2. The molecule has 0 aromatic heterocycles. The Bertz CT molecular complexity index is 290. The van der Waals surface area contributed by atoms with Gasteiger partial charge in [0, 0.05) is 25.6 Å². The lowest BCUT2D eigenvalue weighted by atomic mass is 10.0. The van der Waals surface area contributed by atoms with Crippen molar-refractivity contribution in [2.24, 2.45) is 0 Å². The van der Waals surface area contributed by atoms with Gasteiger partial charge in [-0.05, 0) is 33.1 Å². The van der Waals surface area contributed by atoms with E-state index in [2.05, 4.69) is 12.2 Å². The summed E-state index contributed by atoms with van der Waals surface area (Å²) in [6.45, 7) is 6.79. The minimum absolute atomic E-state index is 0.0441. The first-order chi connectivity index (χ1) is 8.81. The molecule has 19 heavy (non-hydrogen) atoms. The van der Waals surface area contributed by atoms with Crippen molar-refractivity contribution in [3.05, 3.63) is 0 Å². The third-order valence-electron chi connectivity index (χ3n) is 3.67. The second-order valence-corrected chi connectivity index (χ2v) is 5.51. The predicted molar refractivity (Wildman–Crippen MR) is 76.3 cm³/mol. The molecule has 0 bridgehead atoms. The maximum Gasteiger partial charge on any atom is 0.317 e. The van der Waals surface area contributed by atoms with Gasteiger partial charge in [0.1, 0.15) is 0 Å². The van der Waals surface area contributed by atoms with Gasteiger partial charge in [-0.2, -0.15) is 0 Å². The minimum Gasteiger partial charge on any atom is -0.481 e. The van der Waals surface area contributed by atoms with Gasteiger partial charge in [0.15, 0.2) is 0 Å². The summed E-state index contributed by atoms with van der Waals surface area (Å²) in [6.07, 6.45) is 4.61. The molecule has 0 aromatic rings. The average molecular weight is 272 g/mol. The number of nitrogens with zero attached hydrogens (tertiary/aromatic N) is 1. The average Bonchev–Trinajstić information content (AvgIpc) is 2.36. The summed E-state index contributed by atoms with van der Waals surface area (Å²) >= 11 is 0. The number of amides is 2. The van der Waals surface area contributed by atoms with Gasteiger partial charge in [0.2, 0.25) is 0 Å². The Morgan fingerprint density at radius 2 is 1.74 bits per heavy atom. The van der Waals surface area contributed by atoms with Gasteiger partial charge in [-0.25, -0.2) is 4.79 Å². The highest BCUT2D eigenvalue weighted by molar-refractivity contribution is 5.74. The minimum atomic E-state index is -0.739. The van der Waals surface area contributed by atoms with Crippen LogP contribution in [0.5, 0.6) is 0 Å². The Labute approximate surface area is 116 Å². The first kappa shape index (κ1) is 17.7. The number of hydrogen-bond donors (Lipinski definition) is 2. The van der Waals surface area contributed by atoms with E-state index in [1.165, 1.54) is 0 Å². The van der Waals surface area contributed by atoms with Crippen molar-refractivity contribution >= 4 is 12.0 Å². The normalized spacial score (nSPS) is 11.2. The molecular formula is C14H28N2O3. The third kappa shape index (κ3) is 7.70. The molecule has 0 aliphatic heterocycles. The maximum absolute atomic E-state index is 11.9. The topological polar surface area (TPSA) is 69.6 Å². The first-order valence-corrected chi connectivity index (χ1v) is 7.04. The molecule has 0 fully saturated rings. The van der Waals surface area contributed by atoms with Gasteiger partial charge < -0.3 is 15.3 Å². The van der Waals surface area contributed by atoms with E-state index in [9.17, 15) is 9.59 Å². The molecule has 5 nitrogen and oxygen atoms in total.